The number of rotatable bonds is 71. The maximum atomic E-state index is 14.6. The monoisotopic (exact) mass is 1820 g/mol. The maximum absolute atomic E-state index is 14.6. The third kappa shape index (κ3) is 48.4. The first kappa shape index (κ1) is 109. The fraction of sp³-hybridized carbons (Fsp3) is 0.586. The molecule has 710 valence electrons. The number of aromatic nitrogens is 1. The van der Waals surface area contributed by atoms with Crippen LogP contribution in [0.3, 0.4) is 0 Å². The number of hydrogen-bond acceptors (Lipinski definition) is 22. The third-order valence-electron chi connectivity index (χ3n) is 20.1. The smallest absolute Gasteiger partial charge is 0.326 e. The zero-order valence-corrected chi connectivity index (χ0v) is 73.9. The Labute approximate surface area is 744 Å². The molecule has 1 heterocycles. The van der Waals surface area contributed by atoms with Crippen molar-refractivity contribution in [2.75, 3.05) is 72.5 Å². The first-order chi connectivity index (χ1) is 61.1. The van der Waals surface area contributed by atoms with Crippen molar-refractivity contribution < 1.29 is 129 Å². The zero-order chi connectivity index (χ0) is 94.2. The number of aliphatic carboxylic acids is 4. The average molecular weight is 1820 g/mol. The molecule has 12 amide bonds. The summed E-state index contributed by atoms with van der Waals surface area (Å²) in [5.41, 5.74) is 7.82. The number of unbranched alkanes of at least 4 members (excludes halogenated alkanes) is 14. The Morgan fingerprint density at radius 1 is 0.398 bits per heavy atom. The molecule has 128 heavy (non-hydrogen) atoms. The second kappa shape index (κ2) is 61.8. The van der Waals surface area contributed by atoms with E-state index < -0.39 is 185 Å². The lowest BCUT2D eigenvalue weighted by atomic mass is 10.00. The first-order valence-electron chi connectivity index (χ1n) is 43.4. The molecule has 0 radical (unpaired) electrons. The van der Waals surface area contributed by atoms with Crippen LogP contribution in [0.1, 0.15) is 197 Å². The highest BCUT2D eigenvalue weighted by Crippen LogP contribution is 2.21. The van der Waals surface area contributed by atoms with Gasteiger partial charge in [0, 0.05) is 68.7 Å². The Bertz CT molecular complexity index is 4310. The summed E-state index contributed by atoms with van der Waals surface area (Å²) in [6.45, 7) is 3.37. The molecule has 4 aromatic rings. The summed E-state index contributed by atoms with van der Waals surface area (Å²) in [6, 6.07) is 8.60. The van der Waals surface area contributed by atoms with Gasteiger partial charge in [0.25, 0.3) is 10.1 Å². The molecule has 0 bridgehead atoms. The number of amides is 12. The number of primary amides is 1. The van der Waals surface area contributed by atoms with Gasteiger partial charge in [-0.05, 0) is 66.3 Å². The lowest BCUT2D eigenvalue weighted by Gasteiger charge is -2.26. The van der Waals surface area contributed by atoms with E-state index in [1.165, 1.54) is 49.9 Å². The Morgan fingerprint density at radius 2 is 0.844 bits per heavy atom. The molecule has 40 nitrogen and oxygen atoms in total. The predicted octanol–water partition coefficient (Wildman–Crippen LogP) is 2.74. The molecule has 0 saturated carbocycles. The summed E-state index contributed by atoms with van der Waals surface area (Å²) >= 11 is 0. The minimum Gasteiger partial charge on any atom is -0.481 e. The van der Waals surface area contributed by atoms with Crippen molar-refractivity contribution in [3.05, 3.63) is 107 Å². The summed E-state index contributed by atoms with van der Waals surface area (Å²) in [5.74, 6) is -16.5. The number of para-hydroxylation sites is 1. The number of carbonyl (C=O) groups is 16. The SMILES string of the molecule is CCCC[C@H](NC(=O)[C@H](Cc1c[nH]c2ccccc12)NC(=O)CNC(=O)[C@H](CC(C)C)NC(=O)[C@H](Cc1ccc(CS(=O)(=O)O)cc1)NC(=O)[C@H](CC(=O)O)NC(=O)COCCOCCNC(=O)COCCOCCNC(=O)CC[C@H](NC(=O)CCCCCCCCCCCCCCCCC(=O)O)C(=O)O)C(=O)N[C@@H](CC(=O)O)C(=O)N[C@@H](Cc1ccccc1)C(N)=O. The second-order valence-electron chi connectivity index (χ2n) is 31.5. The van der Waals surface area contributed by atoms with Gasteiger partial charge >= 0.3 is 23.9 Å². The van der Waals surface area contributed by atoms with Crippen molar-refractivity contribution in [3.63, 3.8) is 0 Å². The summed E-state index contributed by atoms with van der Waals surface area (Å²) < 4.78 is 54.5. The van der Waals surface area contributed by atoms with Gasteiger partial charge in [0.15, 0.2) is 0 Å². The van der Waals surface area contributed by atoms with Crippen LogP contribution in [-0.4, -0.2) is 254 Å². The minimum atomic E-state index is -4.49. The third-order valence-corrected chi connectivity index (χ3v) is 20.8. The quantitative estimate of drug-likeness (QED) is 0.0223. The maximum Gasteiger partial charge on any atom is 0.326 e. The number of fused-ring (bicyclic) bond motifs is 1. The molecule has 3 aromatic carbocycles. The Hall–Kier alpha value is -11.5. The largest absolute Gasteiger partial charge is 0.481 e. The van der Waals surface area contributed by atoms with Crippen LogP contribution in [0.25, 0.3) is 10.9 Å². The number of carboxylic acids is 4. The molecule has 19 N–H and O–H groups in total. The van der Waals surface area contributed by atoms with Crippen molar-refractivity contribution in [2.24, 2.45) is 11.7 Å². The van der Waals surface area contributed by atoms with E-state index in [9.17, 15) is 105 Å². The molecule has 41 heteroatoms. The van der Waals surface area contributed by atoms with E-state index >= 15 is 0 Å². The normalized spacial score (nSPS) is 13.2. The van der Waals surface area contributed by atoms with Crippen LogP contribution < -0.4 is 64.2 Å². The van der Waals surface area contributed by atoms with Crippen LogP contribution >= 0.6 is 0 Å². The van der Waals surface area contributed by atoms with Gasteiger partial charge in [-0.15, -0.1) is 0 Å². The molecule has 0 saturated heterocycles. The number of benzene rings is 3. The van der Waals surface area contributed by atoms with Crippen LogP contribution in [0.5, 0.6) is 0 Å². The molecular formula is C87H129N13O27S. The van der Waals surface area contributed by atoms with E-state index in [1.807, 2.05) is 0 Å². The van der Waals surface area contributed by atoms with Crippen molar-refractivity contribution in [3.8, 4) is 0 Å². The summed E-state index contributed by atoms with van der Waals surface area (Å²) in [7, 11) is -4.49. The van der Waals surface area contributed by atoms with Crippen molar-refractivity contribution in [1.29, 1.82) is 0 Å². The fourth-order valence-electron chi connectivity index (χ4n) is 13.4. The van der Waals surface area contributed by atoms with E-state index in [-0.39, 0.29) is 134 Å². The summed E-state index contributed by atoms with van der Waals surface area (Å²) in [4.78, 5) is 212. The molecule has 0 aliphatic rings. The molecule has 8 atom stereocenters. The second-order valence-corrected chi connectivity index (χ2v) is 33.0. The number of ether oxygens (including phenoxy) is 4. The molecule has 1 aromatic heterocycles. The van der Waals surface area contributed by atoms with Crippen LogP contribution in [0.2, 0.25) is 0 Å². The standard InChI is InChI=1S/C87H129N13O27S/c1-4-5-28-64(82(114)100-71(51-79(110)111)86(118)97-66(80(88)112)47-58-25-19-18-20-26-58)96-84(116)69(49-61-52-91-63-29-24-23-27-62(61)63)94-74(103)53-92-81(113)67(46-57(2)3)98-83(115)68(48-59-32-34-60(35-33-59)56-128(121,122)123)99-85(117)70(50-78(108)109)95-76(105)55-127-45-43-125-41-39-90-75(104)54-126-44-42-124-40-38-89-72(101)37-36-65(87(119)120)93-73(102)30-21-16-14-12-10-8-6-7-9-11-13-15-17-22-31-77(106)107/h18-20,23-27,29,32-35,52,57,64-71,91H,4-17,21-22,28,30-31,36-51,53-56H2,1-3H3,(H2,88,112)(H,89,101)(H,90,104)(H,92,113)(H,93,102)(H,94,103)(H,95,105)(H,96,116)(H,97,118)(H,98,115)(H,99,117)(H,100,114)(H,106,107)(H,108,109)(H,110,111)(H,119,120)(H,121,122,123)/t64-,65-,66-,67-,68-,69-,70-,71-/m0/s1. The van der Waals surface area contributed by atoms with Crippen molar-refractivity contribution >= 4 is 116 Å². The van der Waals surface area contributed by atoms with Crippen LogP contribution in [0, 0.1) is 5.92 Å². The summed E-state index contributed by atoms with van der Waals surface area (Å²) in [5, 5.41) is 66.3. The first-order valence-corrected chi connectivity index (χ1v) is 45.0. The molecular weight excluding hydrogens is 1690 g/mol. The van der Waals surface area contributed by atoms with Crippen LogP contribution in [-0.2, 0) is 131 Å². The molecule has 4 rings (SSSR count). The fourth-order valence-corrected chi connectivity index (χ4v) is 14.0. The van der Waals surface area contributed by atoms with E-state index in [0.29, 0.717) is 41.3 Å². The number of carbonyl (C=O) groups excluding carboxylic acids is 12. The number of nitrogens with two attached hydrogens (primary N) is 1. The molecule has 0 unspecified atom stereocenters. The van der Waals surface area contributed by atoms with Gasteiger partial charge in [-0.2, -0.15) is 8.42 Å². The number of hydrogen-bond donors (Lipinski definition) is 18. The van der Waals surface area contributed by atoms with E-state index in [1.54, 1.807) is 81.6 Å². The Kier molecular flexibility index (Phi) is 52.5. The lowest BCUT2D eigenvalue weighted by molar-refractivity contribution is -0.142. The number of H-pyrrole nitrogens is 1. The van der Waals surface area contributed by atoms with Gasteiger partial charge in [-0.1, -0.05) is 183 Å². The van der Waals surface area contributed by atoms with Gasteiger partial charge in [0.05, 0.1) is 59.0 Å². The predicted molar refractivity (Wildman–Crippen MR) is 466 cm³/mol. The Morgan fingerprint density at radius 3 is 1.39 bits per heavy atom. The zero-order valence-electron chi connectivity index (χ0n) is 73.1. The van der Waals surface area contributed by atoms with Crippen LogP contribution in [0.15, 0.2) is 85.1 Å². The minimum absolute atomic E-state index is 0.00422. The number of carboxylic acid groups (broad SMARTS) is 4. The summed E-state index contributed by atoms with van der Waals surface area (Å²) in [6.07, 6.45) is 14.2. The highest BCUT2D eigenvalue weighted by atomic mass is 32.2. The highest BCUT2D eigenvalue weighted by molar-refractivity contribution is 7.85. The Balaban J connectivity index is 1.25. The van der Waals surface area contributed by atoms with Gasteiger partial charge in [-0.3, -0.25) is 76.5 Å². The lowest BCUT2D eigenvalue weighted by Crippen LogP contribution is -2.59. The molecule has 0 aliphatic heterocycles. The topological polar surface area (TPSA) is 619 Å². The van der Waals surface area contributed by atoms with Gasteiger partial charge in [-0.25, -0.2) is 4.79 Å². The van der Waals surface area contributed by atoms with E-state index in [4.69, 9.17) is 29.8 Å². The van der Waals surface area contributed by atoms with Crippen LogP contribution in [0.4, 0.5) is 0 Å². The molecule has 0 aliphatic carbocycles. The van der Waals surface area contributed by atoms with Crippen molar-refractivity contribution in [2.45, 2.75) is 248 Å². The van der Waals surface area contributed by atoms with Gasteiger partial charge in [0.1, 0.15) is 67.3 Å². The number of nitrogens with one attached hydrogen (secondary N) is 12. The van der Waals surface area contributed by atoms with E-state index in [0.717, 1.165) is 57.8 Å². The van der Waals surface area contributed by atoms with Gasteiger partial charge < -0.3 is 109 Å². The molecule has 0 fully saturated rings. The molecule has 0 spiro atoms. The highest BCUT2D eigenvalue weighted by Gasteiger charge is 2.36. The van der Waals surface area contributed by atoms with E-state index in [2.05, 4.69) is 63.5 Å². The van der Waals surface area contributed by atoms with Gasteiger partial charge in [0.2, 0.25) is 70.9 Å². The number of aromatic amines is 1. The average Bonchev–Trinajstić information content (AvgIpc) is 1.65. The van der Waals surface area contributed by atoms with Crippen molar-refractivity contribution in [1.82, 2.24) is 63.5 Å².